The molecule has 0 amide bonds. The maximum Gasteiger partial charge on any atom is 0.0214 e. The van der Waals surface area contributed by atoms with Gasteiger partial charge in [-0.1, -0.05) is 18.2 Å². The molecule has 10 heavy (non-hydrogen) atoms. The monoisotopic (exact) mass is 132 g/mol. The predicted molar refractivity (Wildman–Crippen MR) is 41.4 cm³/mol. The molecule has 1 aliphatic rings. The maximum atomic E-state index is 3.95. The van der Waals surface area contributed by atoms with Crippen molar-refractivity contribution in [2.75, 3.05) is 0 Å². The van der Waals surface area contributed by atoms with Crippen LogP contribution < -0.4 is 5.32 Å². The first kappa shape index (κ1) is 5.93. The highest BCUT2D eigenvalue weighted by Crippen LogP contribution is 2.18. The third-order valence-electron chi connectivity index (χ3n) is 1.99. The van der Waals surface area contributed by atoms with Crippen LogP contribution in [0, 0.1) is 6.92 Å². The summed E-state index contributed by atoms with van der Waals surface area (Å²) in [6, 6.07) is 6.28. The maximum absolute atomic E-state index is 3.95. The van der Waals surface area contributed by atoms with Gasteiger partial charge in [0, 0.05) is 13.1 Å². The smallest absolute Gasteiger partial charge is 0.0214 e. The average molecular weight is 132 g/mol. The number of rotatable bonds is 0. The summed E-state index contributed by atoms with van der Waals surface area (Å²) in [5.74, 6) is 0. The third-order valence-corrected chi connectivity index (χ3v) is 1.99. The van der Waals surface area contributed by atoms with Gasteiger partial charge in [0.25, 0.3) is 0 Å². The van der Waals surface area contributed by atoms with Crippen molar-refractivity contribution in [3.8, 4) is 0 Å². The van der Waals surface area contributed by atoms with Gasteiger partial charge in [-0.2, -0.15) is 0 Å². The van der Waals surface area contributed by atoms with E-state index in [2.05, 4.69) is 30.4 Å². The molecule has 0 bridgehead atoms. The lowest BCUT2D eigenvalue weighted by molar-refractivity contribution is 0.764. The SMILES string of the molecule is [CH2]c1cccc2c1CNC2. The van der Waals surface area contributed by atoms with Crippen molar-refractivity contribution in [2.45, 2.75) is 13.1 Å². The number of hydrogen-bond donors (Lipinski definition) is 1. The molecule has 0 aliphatic carbocycles. The summed E-state index contributed by atoms with van der Waals surface area (Å²) in [5, 5.41) is 3.29. The van der Waals surface area contributed by atoms with Crippen LogP contribution >= 0.6 is 0 Å². The summed E-state index contributed by atoms with van der Waals surface area (Å²) in [5.41, 5.74) is 3.97. The number of benzene rings is 1. The molecule has 1 N–H and O–H groups in total. The molecule has 1 heteroatoms. The first-order valence-corrected chi connectivity index (χ1v) is 3.51. The van der Waals surface area contributed by atoms with Gasteiger partial charge in [-0.25, -0.2) is 0 Å². The first-order chi connectivity index (χ1) is 4.88. The Kier molecular flexibility index (Phi) is 1.24. The second-order valence-electron chi connectivity index (χ2n) is 2.66. The van der Waals surface area contributed by atoms with Gasteiger partial charge in [0.2, 0.25) is 0 Å². The zero-order valence-corrected chi connectivity index (χ0v) is 5.85. The molecule has 1 aliphatic heterocycles. The third kappa shape index (κ3) is 0.745. The number of hydrogen-bond acceptors (Lipinski definition) is 1. The van der Waals surface area contributed by atoms with Crippen molar-refractivity contribution in [3.05, 3.63) is 41.8 Å². The van der Waals surface area contributed by atoms with E-state index in [1.165, 1.54) is 16.7 Å². The van der Waals surface area contributed by atoms with Crippen molar-refractivity contribution < 1.29 is 0 Å². The lowest BCUT2D eigenvalue weighted by Gasteiger charge is -1.99. The van der Waals surface area contributed by atoms with E-state index in [4.69, 9.17) is 0 Å². The lowest BCUT2D eigenvalue weighted by Crippen LogP contribution is -2.00. The van der Waals surface area contributed by atoms with Crippen LogP contribution in [0.15, 0.2) is 18.2 Å². The van der Waals surface area contributed by atoms with Gasteiger partial charge in [0.15, 0.2) is 0 Å². The summed E-state index contributed by atoms with van der Waals surface area (Å²) in [6.45, 7) is 5.96. The van der Waals surface area contributed by atoms with Gasteiger partial charge < -0.3 is 5.32 Å². The van der Waals surface area contributed by atoms with Gasteiger partial charge in [0.05, 0.1) is 0 Å². The highest BCUT2D eigenvalue weighted by atomic mass is 14.9. The van der Waals surface area contributed by atoms with Gasteiger partial charge in [-0.3, -0.25) is 0 Å². The van der Waals surface area contributed by atoms with Crippen LogP contribution in [-0.2, 0) is 13.1 Å². The molecule has 51 valence electrons. The van der Waals surface area contributed by atoms with Crippen LogP contribution in [0.3, 0.4) is 0 Å². The molecule has 0 spiro atoms. The largest absolute Gasteiger partial charge is 0.309 e. The average Bonchev–Trinajstić information content (AvgIpc) is 2.36. The van der Waals surface area contributed by atoms with E-state index in [0.29, 0.717) is 0 Å². The van der Waals surface area contributed by atoms with E-state index in [0.717, 1.165) is 13.1 Å². The molecule has 0 unspecified atom stereocenters. The molecule has 0 aromatic heterocycles. The molecule has 0 atom stereocenters. The minimum Gasteiger partial charge on any atom is -0.309 e. The number of fused-ring (bicyclic) bond motifs is 1. The van der Waals surface area contributed by atoms with Crippen molar-refractivity contribution in [1.29, 1.82) is 0 Å². The van der Waals surface area contributed by atoms with Crippen LogP contribution in [0.25, 0.3) is 0 Å². The van der Waals surface area contributed by atoms with Crippen LogP contribution in [0.4, 0.5) is 0 Å². The minimum absolute atomic E-state index is 0.995. The summed E-state index contributed by atoms with van der Waals surface area (Å²) < 4.78 is 0. The number of nitrogens with one attached hydrogen (secondary N) is 1. The lowest BCUT2D eigenvalue weighted by atomic mass is 10.1. The Labute approximate surface area is 61.1 Å². The second kappa shape index (κ2) is 2.10. The Balaban J connectivity index is 2.59. The topological polar surface area (TPSA) is 12.0 Å². The van der Waals surface area contributed by atoms with Gasteiger partial charge in [-0.05, 0) is 23.6 Å². The van der Waals surface area contributed by atoms with Gasteiger partial charge in [-0.15, -0.1) is 0 Å². The van der Waals surface area contributed by atoms with Crippen molar-refractivity contribution in [1.82, 2.24) is 5.32 Å². The second-order valence-corrected chi connectivity index (χ2v) is 2.66. The fourth-order valence-electron chi connectivity index (χ4n) is 1.40. The standard InChI is InChI=1S/C9H10N/c1-7-3-2-4-8-5-10-6-9(7)8/h2-4,10H,1,5-6H2. The van der Waals surface area contributed by atoms with E-state index in [1.54, 1.807) is 0 Å². The van der Waals surface area contributed by atoms with Crippen LogP contribution in [0.2, 0.25) is 0 Å². The molecule has 1 nitrogen and oxygen atoms in total. The normalized spacial score (nSPS) is 15.3. The quantitative estimate of drug-likeness (QED) is 0.563. The van der Waals surface area contributed by atoms with E-state index in [9.17, 15) is 0 Å². The molecular weight excluding hydrogens is 122 g/mol. The van der Waals surface area contributed by atoms with Gasteiger partial charge in [0.1, 0.15) is 0 Å². The molecular formula is C9H10N. The van der Waals surface area contributed by atoms with Crippen molar-refractivity contribution in [2.24, 2.45) is 0 Å². The van der Waals surface area contributed by atoms with Gasteiger partial charge >= 0.3 is 0 Å². The molecule has 0 fully saturated rings. The van der Waals surface area contributed by atoms with E-state index < -0.39 is 0 Å². The predicted octanol–water partition coefficient (Wildman–Crippen LogP) is 1.47. The Morgan fingerprint density at radius 1 is 1.30 bits per heavy atom. The zero-order valence-electron chi connectivity index (χ0n) is 5.85. The van der Waals surface area contributed by atoms with Crippen LogP contribution in [-0.4, -0.2) is 0 Å². The van der Waals surface area contributed by atoms with Crippen molar-refractivity contribution >= 4 is 0 Å². The Morgan fingerprint density at radius 3 is 3.00 bits per heavy atom. The first-order valence-electron chi connectivity index (χ1n) is 3.51. The minimum atomic E-state index is 0.995. The molecule has 1 radical (unpaired) electrons. The van der Waals surface area contributed by atoms with Crippen LogP contribution in [0.5, 0.6) is 0 Å². The summed E-state index contributed by atoms with van der Waals surface area (Å²) in [4.78, 5) is 0. The van der Waals surface area contributed by atoms with Crippen molar-refractivity contribution in [3.63, 3.8) is 0 Å². The summed E-state index contributed by atoms with van der Waals surface area (Å²) in [7, 11) is 0. The molecule has 0 saturated heterocycles. The molecule has 1 heterocycles. The fraction of sp³-hybridized carbons (Fsp3) is 0.222. The van der Waals surface area contributed by atoms with E-state index >= 15 is 0 Å². The Hall–Kier alpha value is -0.820. The molecule has 1 aromatic carbocycles. The highest BCUT2D eigenvalue weighted by Gasteiger charge is 2.09. The molecule has 2 rings (SSSR count). The molecule has 1 aromatic rings. The summed E-state index contributed by atoms with van der Waals surface area (Å²) in [6.07, 6.45) is 0. The fourth-order valence-corrected chi connectivity index (χ4v) is 1.40. The van der Waals surface area contributed by atoms with E-state index in [-0.39, 0.29) is 0 Å². The Bertz CT molecular complexity index is 253. The molecule has 0 saturated carbocycles. The van der Waals surface area contributed by atoms with E-state index in [1.807, 2.05) is 0 Å². The highest BCUT2D eigenvalue weighted by molar-refractivity contribution is 5.39. The summed E-state index contributed by atoms with van der Waals surface area (Å²) >= 11 is 0. The zero-order chi connectivity index (χ0) is 6.97. The Morgan fingerprint density at radius 2 is 2.20 bits per heavy atom. The van der Waals surface area contributed by atoms with Crippen LogP contribution in [0.1, 0.15) is 16.7 Å².